The van der Waals surface area contributed by atoms with Gasteiger partial charge in [-0.1, -0.05) is 12.1 Å². The van der Waals surface area contributed by atoms with Gasteiger partial charge >= 0.3 is 0 Å². The third kappa shape index (κ3) is 3.79. The van der Waals surface area contributed by atoms with Crippen LogP contribution < -0.4 is 4.72 Å². The van der Waals surface area contributed by atoms with E-state index in [1.54, 1.807) is 24.3 Å². The number of fused-ring (bicyclic) bond motifs is 1. The molecule has 0 amide bonds. The second kappa shape index (κ2) is 7.59. The molecule has 1 N–H and O–H groups in total. The first kappa shape index (κ1) is 20.7. The van der Waals surface area contributed by atoms with Crippen LogP contribution in [0.3, 0.4) is 0 Å². The number of hydrogen-bond acceptors (Lipinski definition) is 4. The first-order valence-electron chi connectivity index (χ1n) is 8.88. The van der Waals surface area contributed by atoms with Crippen LogP contribution in [-0.4, -0.2) is 18.1 Å². The fraction of sp³-hybridized carbons (Fsp3) is 0.250. The standard InChI is InChI=1S/C20H17F2IN2O2S2/c1-2-5-20(6-7-20)29(26,27)25-16-10-17-19(24-11-28-17)18(22)14(16)8-12-3-4-13(23)9-15(12)21/h2-4,9-11,25H,1,5-8H2. The summed E-state index contributed by atoms with van der Waals surface area (Å²) in [6.07, 6.45) is 2.88. The van der Waals surface area contributed by atoms with E-state index >= 15 is 4.39 Å². The first-order chi connectivity index (χ1) is 13.8. The maximum absolute atomic E-state index is 15.3. The van der Waals surface area contributed by atoms with Gasteiger partial charge in [-0.2, -0.15) is 0 Å². The molecule has 1 fully saturated rings. The molecule has 4 nitrogen and oxygen atoms in total. The first-order valence-corrected chi connectivity index (χ1v) is 12.3. The molecule has 152 valence electrons. The number of nitrogens with one attached hydrogen (secondary N) is 1. The van der Waals surface area contributed by atoms with Gasteiger partial charge in [-0.15, -0.1) is 17.9 Å². The molecule has 0 saturated heterocycles. The molecule has 1 aliphatic carbocycles. The summed E-state index contributed by atoms with van der Waals surface area (Å²) >= 11 is 3.21. The molecule has 9 heteroatoms. The lowest BCUT2D eigenvalue weighted by molar-refractivity contribution is 0.582. The summed E-state index contributed by atoms with van der Waals surface area (Å²) in [5.74, 6) is -1.10. The average Bonchev–Trinajstić information content (AvgIpc) is 3.30. The average molecular weight is 546 g/mol. The second-order valence-electron chi connectivity index (χ2n) is 7.11. The molecule has 1 saturated carbocycles. The zero-order chi connectivity index (χ0) is 20.8. The molecule has 3 aromatic rings. The Morgan fingerprint density at radius 2 is 2.07 bits per heavy atom. The summed E-state index contributed by atoms with van der Waals surface area (Å²) in [6, 6.07) is 6.26. The number of aromatic nitrogens is 1. The Labute approximate surface area is 185 Å². The van der Waals surface area contributed by atoms with E-state index in [2.05, 4.69) is 16.3 Å². The van der Waals surface area contributed by atoms with Crippen molar-refractivity contribution in [2.45, 2.75) is 30.4 Å². The highest BCUT2D eigenvalue weighted by atomic mass is 127. The van der Waals surface area contributed by atoms with E-state index < -0.39 is 26.4 Å². The van der Waals surface area contributed by atoms with Gasteiger partial charge in [0, 0.05) is 15.6 Å². The van der Waals surface area contributed by atoms with Crippen LogP contribution in [0, 0.1) is 15.2 Å². The Morgan fingerprint density at radius 3 is 2.72 bits per heavy atom. The summed E-state index contributed by atoms with van der Waals surface area (Å²) in [4.78, 5) is 4.04. The van der Waals surface area contributed by atoms with Gasteiger partial charge in [-0.25, -0.2) is 22.2 Å². The molecule has 1 aliphatic rings. The molecule has 0 bridgehead atoms. The van der Waals surface area contributed by atoms with Gasteiger partial charge in [-0.05, 0) is 65.6 Å². The maximum Gasteiger partial charge on any atom is 0.238 e. The molecule has 4 rings (SSSR count). The van der Waals surface area contributed by atoms with Crippen molar-refractivity contribution in [1.82, 2.24) is 4.98 Å². The third-order valence-corrected chi connectivity index (χ3v) is 8.84. The summed E-state index contributed by atoms with van der Waals surface area (Å²) in [5, 5.41) is 0. The van der Waals surface area contributed by atoms with Crippen molar-refractivity contribution >= 4 is 59.9 Å². The van der Waals surface area contributed by atoms with Crippen molar-refractivity contribution in [3.05, 3.63) is 68.8 Å². The number of anilines is 1. The smallest absolute Gasteiger partial charge is 0.238 e. The Bertz CT molecular complexity index is 1220. The van der Waals surface area contributed by atoms with Crippen LogP contribution in [-0.2, 0) is 16.4 Å². The SMILES string of the molecule is C=CCC1(S(=O)(=O)Nc2cc3scnc3c(F)c2Cc2ccc(I)cc2F)CC1. The number of sulfonamides is 1. The van der Waals surface area contributed by atoms with E-state index in [9.17, 15) is 12.8 Å². The minimum absolute atomic E-state index is 0.0847. The fourth-order valence-electron chi connectivity index (χ4n) is 3.36. The van der Waals surface area contributed by atoms with Gasteiger partial charge in [-0.3, -0.25) is 4.72 Å². The molecule has 1 heterocycles. The molecule has 0 unspecified atom stereocenters. The lowest BCUT2D eigenvalue weighted by Crippen LogP contribution is -2.29. The van der Waals surface area contributed by atoms with Gasteiger partial charge in [0.25, 0.3) is 0 Å². The number of hydrogen-bond donors (Lipinski definition) is 1. The lowest BCUT2D eigenvalue weighted by atomic mass is 10.0. The van der Waals surface area contributed by atoms with Crippen molar-refractivity contribution in [3.63, 3.8) is 0 Å². The lowest BCUT2D eigenvalue weighted by Gasteiger charge is -2.19. The quantitative estimate of drug-likeness (QED) is 0.309. The van der Waals surface area contributed by atoms with Crippen LogP contribution in [0.25, 0.3) is 10.2 Å². The number of allylic oxidation sites excluding steroid dienone is 1. The van der Waals surface area contributed by atoms with Crippen molar-refractivity contribution < 1.29 is 17.2 Å². The van der Waals surface area contributed by atoms with Crippen LogP contribution in [0.2, 0.25) is 0 Å². The molecule has 1 aromatic heterocycles. The molecule has 0 atom stereocenters. The number of halogens is 3. The van der Waals surface area contributed by atoms with Crippen LogP contribution in [0.1, 0.15) is 30.4 Å². The predicted molar refractivity (Wildman–Crippen MR) is 121 cm³/mol. The van der Waals surface area contributed by atoms with E-state index in [4.69, 9.17) is 0 Å². The van der Waals surface area contributed by atoms with Crippen LogP contribution >= 0.6 is 33.9 Å². The van der Waals surface area contributed by atoms with E-state index in [0.29, 0.717) is 24.0 Å². The molecule has 0 radical (unpaired) electrons. The molecule has 0 aliphatic heterocycles. The van der Waals surface area contributed by atoms with Gasteiger partial charge in [0.1, 0.15) is 11.3 Å². The zero-order valence-corrected chi connectivity index (χ0v) is 19.0. The van der Waals surface area contributed by atoms with Gasteiger partial charge in [0.15, 0.2) is 5.82 Å². The minimum atomic E-state index is -3.76. The van der Waals surface area contributed by atoms with E-state index in [0.717, 1.165) is 3.57 Å². The summed E-state index contributed by atoms with van der Waals surface area (Å²) in [7, 11) is -3.76. The highest BCUT2D eigenvalue weighted by Gasteiger charge is 2.53. The summed E-state index contributed by atoms with van der Waals surface area (Å²) < 4.78 is 58.6. The normalized spacial score (nSPS) is 15.4. The monoisotopic (exact) mass is 546 g/mol. The van der Waals surface area contributed by atoms with Gasteiger partial charge < -0.3 is 0 Å². The number of rotatable bonds is 7. The highest BCUT2D eigenvalue weighted by Crippen LogP contribution is 2.47. The molecule has 29 heavy (non-hydrogen) atoms. The van der Waals surface area contributed by atoms with E-state index in [1.807, 2.05) is 22.6 Å². The van der Waals surface area contributed by atoms with Crippen LogP contribution in [0.5, 0.6) is 0 Å². The Hall–Kier alpha value is -1.59. The number of thiazole rings is 1. The van der Waals surface area contributed by atoms with E-state index in [1.165, 1.54) is 22.9 Å². The number of benzene rings is 2. The van der Waals surface area contributed by atoms with Crippen LogP contribution in [0.4, 0.5) is 14.5 Å². The Morgan fingerprint density at radius 1 is 1.31 bits per heavy atom. The molecule has 2 aromatic carbocycles. The van der Waals surface area contributed by atoms with Crippen molar-refractivity contribution in [2.24, 2.45) is 0 Å². The largest absolute Gasteiger partial charge is 0.283 e. The minimum Gasteiger partial charge on any atom is -0.283 e. The highest BCUT2D eigenvalue weighted by molar-refractivity contribution is 14.1. The summed E-state index contributed by atoms with van der Waals surface area (Å²) in [5.41, 5.74) is 2.16. The van der Waals surface area contributed by atoms with E-state index in [-0.39, 0.29) is 28.8 Å². The fourth-order valence-corrected chi connectivity index (χ4v) is 6.19. The number of nitrogens with zero attached hydrogens (tertiary/aromatic N) is 1. The Kier molecular flexibility index (Phi) is 5.41. The molecular weight excluding hydrogens is 529 g/mol. The third-order valence-electron chi connectivity index (χ3n) is 5.19. The topological polar surface area (TPSA) is 59.1 Å². The second-order valence-corrected chi connectivity index (χ2v) is 11.3. The van der Waals surface area contributed by atoms with Crippen molar-refractivity contribution in [1.29, 1.82) is 0 Å². The Balaban J connectivity index is 1.80. The van der Waals surface area contributed by atoms with Gasteiger partial charge in [0.05, 0.1) is 20.6 Å². The molecule has 0 spiro atoms. The summed E-state index contributed by atoms with van der Waals surface area (Å²) in [6.45, 7) is 3.64. The van der Waals surface area contributed by atoms with Crippen LogP contribution in [0.15, 0.2) is 42.4 Å². The molecular formula is C20H17F2IN2O2S2. The van der Waals surface area contributed by atoms with Crippen molar-refractivity contribution in [2.75, 3.05) is 4.72 Å². The van der Waals surface area contributed by atoms with Gasteiger partial charge in [0.2, 0.25) is 10.0 Å². The maximum atomic E-state index is 15.3. The predicted octanol–water partition coefficient (Wildman–Crippen LogP) is 5.62. The zero-order valence-electron chi connectivity index (χ0n) is 15.2. The van der Waals surface area contributed by atoms with Crippen molar-refractivity contribution in [3.8, 4) is 0 Å².